The lowest BCUT2D eigenvalue weighted by Gasteiger charge is -2.40. The first kappa shape index (κ1) is 25.7. The van der Waals surface area contributed by atoms with E-state index in [1.54, 1.807) is 24.8 Å². The highest BCUT2D eigenvalue weighted by Crippen LogP contribution is 2.23. The van der Waals surface area contributed by atoms with Gasteiger partial charge in [-0.1, -0.05) is 55.1 Å². The van der Waals surface area contributed by atoms with E-state index in [0.717, 1.165) is 0 Å². The van der Waals surface area contributed by atoms with Gasteiger partial charge in [0.2, 0.25) is 0 Å². The van der Waals surface area contributed by atoms with Crippen molar-refractivity contribution in [2.24, 2.45) is 0 Å². The largest absolute Gasteiger partial charge is 0.458 e. The molecule has 1 aliphatic heterocycles. The molecule has 37 heavy (non-hydrogen) atoms. The van der Waals surface area contributed by atoms with Crippen molar-refractivity contribution in [3.8, 4) is 11.4 Å². The third-order valence-corrected chi connectivity index (χ3v) is 6.14. The number of aromatic nitrogens is 2. The van der Waals surface area contributed by atoms with Gasteiger partial charge in [-0.15, -0.1) is 0 Å². The Morgan fingerprint density at radius 3 is 2.43 bits per heavy atom. The Kier molecular flexibility index (Phi) is 7.71. The number of ether oxygens (including phenoxy) is 1. The molecule has 2 amide bonds. The molecule has 0 spiro atoms. The van der Waals surface area contributed by atoms with E-state index >= 15 is 0 Å². The number of rotatable bonds is 6. The van der Waals surface area contributed by atoms with E-state index in [9.17, 15) is 18.8 Å². The number of esters is 1. The highest BCUT2D eigenvalue weighted by atomic mass is 19.1. The maximum Gasteiger partial charge on any atom is 0.342 e. The fourth-order valence-electron chi connectivity index (χ4n) is 4.28. The van der Waals surface area contributed by atoms with Crippen LogP contribution in [0.3, 0.4) is 0 Å². The van der Waals surface area contributed by atoms with Gasteiger partial charge in [-0.05, 0) is 26.0 Å². The summed E-state index contributed by atoms with van der Waals surface area (Å²) in [6.45, 7) is 7.51. The maximum atomic E-state index is 14.2. The zero-order valence-corrected chi connectivity index (χ0v) is 20.7. The summed E-state index contributed by atoms with van der Waals surface area (Å²) >= 11 is 0. The Balaban J connectivity index is 1.64. The normalized spacial score (nSPS) is 15.3. The Hall–Kier alpha value is -4.40. The van der Waals surface area contributed by atoms with Crippen LogP contribution in [0.1, 0.15) is 43.8 Å². The molecule has 3 aromatic rings. The summed E-state index contributed by atoms with van der Waals surface area (Å²) in [5, 5.41) is 0. The van der Waals surface area contributed by atoms with Crippen molar-refractivity contribution in [1.82, 2.24) is 19.8 Å². The second-order valence-electron chi connectivity index (χ2n) is 8.69. The average molecular weight is 503 g/mol. The van der Waals surface area contributed by atoms with E-state index in [-0.39, 0.29) is 43.1 Å². The summed E-state index contributed by atoms with van der Waals surface area (Å²) in [5.41, 5.74) is 0.915. The second-order valence-corrected chi connectivity index (χ2v) is 8.69. The van der Waals surface area contributed by atoms with Gasteiger partial charge >= 0.3 is 5.97 Å². The Morgan fingerprint density at radius 2 is 1.76 bits per heavy atom. The molecule has 1 saturated heterocycles. The van der Waals surface area contributed by atoms with Crippen LogP contribution in [0.15, 0.2) is 67.3 Å². The molecule has 0 radical (unpaired) electrons. The van der Waals surface area contributed by atoms with Gasteiger partial charge in [0, 0.05) is 31.2 Å². The van der Waals surface area contributed by atoms with Crippen LogP contribution < -0.4 is 0 Å². The number of hydrogen-bond donors (Lipinski definition) is 0. The van der Waals surface area contributed by atoms with E-state index in [1.165, 1.54) is 29.2 Å². The lowest BCUT2D eigenvalue weighted by atomic mass is 10.1. The molecule has 4 rings (SSSR count). The van der Waals surface area contributed by atoms with Crippen LogP contribution in [-0.2, 0) is 4.74 Å². The number of nitrogens with zero attached hydrogens (tertiary/aromatic N) is 4. The van der Waals surface area contributed by atoms with Crippen molar-refractivity contribution in [2.45, 2.75) is 19.9 Å². The van der Waals surface area contributed by atoms with Crippen LogP contribution >= 0.6 is 0 Å². The van der Waals surface area contributed by atoms with Gasteiger partial charge in [0.1, 0.15) is 23.7 Å². The molecule has 8 nitrogen and oxygen atoms in total. The van der Waals surface area contributed by atoms with Crippen molar-refractivity contribution in [2.75, 3.05) is 26.2 Å². The molecule has 2 heterocycles. The zero-order chi connectivity index (χ0) is 26.5. The molecule has 1 atom stereocenters. The standard InChI is InChI=1S/C28H27FN4O4/c1-4-16-37-28(36)23-19(3)30-25(20-10-6-5-7-11-20)31-24(23)27(35)32-14-15-33(18(2)17-32)26(34)21-12-8-9-13-22(21)29/h4-13,18H,1,14-17H2,2-3H3. The summed E-state index contributed by atoms with van der Waals surface area (Å²) in [4.78, 5) is 51.6. The van der Waals surface area contributed by atoms with Gasteiger partial charge in [0.15, 0.2) is 5.82 Å². The minimum Gasteiger partial charge on any atom is -0.458 e. The molecule has 1 aliphatic rings. The van der Waals surface area contributed by atoms with Crippen LogP contribution in [-0.4, -0.2) is 69.8 Å². The predicted molar refractivity (Wildman–Crippen MR) is 135 cm³/mol. The van der Waals surface area contributed by atoms with Gasteiger partial charge < -0.3 is 14.5 Å². The highest BCUT2D eigenvalue weighted by molar-refractivity contribution is 6.05. The third kappa shape index (κ3) is 5.40. The van der Waals surface area contributed by atoms with Crippen LogP contribution in [0.5, 0.6) is 0 Å². The molecule has 2 aromatic carbocycles. The molecule has 0 saturated carbocycles. The molecule has 1 aromatic heterocycles. The van der Waals surface area contributed by atoms with Gasteiger partial charge in [-0.3, -0.25) is 9.59 Å². The Morgan fingerprint density at radius 1 is 1.05 bits per heavy atom. The number of halogens is 1. The average Bonchev–Trinajstić information content (AvgIpc) is 2.91. The number of amides is 2. The fraction of sp³-hybridized carbons (Fsp3) is 0.250. The summed E-state index contributed by atoms with van der Waals surface area (Å²) in [6.07, 6.45) is 1.43. The Labute approximate surface area is 214 Å². The van der Waals surface area contributed by atoms with Gasteiger partial charge in [0.05, 0.1) is 11.3 Å². The second kappa shape index (κ2) is 11.1. The summed E-state index contributed by atoms with van der Waals surface area (Å²) in [7, 11) is 0. The van der Waals surface area contributed by atoms with Gasteiger partial charge in [-0.2, -0.15) is 0 Å². The third-order valence-electron chi connectivity index (χ3n) is 6.14. The summed E-state index contributed by atoms with van der Waals surface area (Å²) in [6, 6.07) is 14.6. The van der Waals surface area contributed by atoms with E-state index < -0.39 is 29.6 Å². The smallest absolute Gasteiger partial charge is 0.342 e. The first-order valence-electron chi connectivity index (χ1n) is 11.9. The van der Waals surface area contributed by atoms with Crippen LogP contribution in [0.25, 0.3) is 11.4 Å². The molecule has 0 N–H and O–H groups in total. The van der Waals surface area contributed by atoms with Crippen molar-refractivity contribution >= 4 is 17.8 Å². The SMILES string of the molecule is C=CCOC(=O)c1c(C)nc(-c2ccccc2)nc1C(=O)N1CCN(C(=O)c2ccccc2F)C(C)C1. The number of piperazine rings is 1. The van der Waals surface area contributed by atoms with E-state index in [1.807, 2.05) is 30.3 Å². The van der Waals surface area contributed by atoms with Crippen molar-refractivity contribution < 1.29 is 23.5 Å². The highest BCUT2D eigenvalue weighted by Gasteiger charge is 2.34. The summed E-state index contributed by atoms with van der Waals surface area (Å²) < 4.78 is 19.4. The van der Waals surface area contributed by atoms with E-state index in [4.69, 9.17) is 4.74 Å². The molecule has 190 valence electrons. The van der Waals surface area contributed by atoms with Gasteiger partial charge in [0.25, 0.3) is 11.8 Å². The molecule has 0 bridgehead atoms. The lowest BCUT2D eigenvalue weighted by Crippen LogP contribution is -2.55. The summed E-state index contributed by atoms with van der Waals surface area (Å²) in [5.74, 6) is -1.91. The maximum absolute atomic E-state index is 14.2. The number of carbonyl (C=O) groups excluding carboxylic acids is 3. The van der Waals surface area contributed by atoms with Crippen LogP contribution in [0.4, 0.5) is 4.39 Å². The fourth-order valence-corrected chi connectivity index (χ4v) is 4.28. The molecular formula is C28H27FN4O4. The molecule has 9 heteroatoms. The minimum atomic E-state index is -0.721. The molecular weight excluding hydrogens is 475 g/mol. The minimum absolute atomic E-state index is 0.0101. The zero-order valence-electron chi connectivity index (χ0n) is 20.7. The lowest BCUT2D eigenvalue weighted by molar-refractivity contribution is 0.0404. The first-order valence-corrected chi connectivity index (χ1v) is 11.9. The topological polar surface area (TPSA) is 92.7 Å². The van der Waals surface area contributed by atoms with Gasteiger partial charge in [-0.25, -0.2) is 19.2 Å². The molecule has 1 unspecified atom stereocenters. The molecule has 1 fully saturated rings. The predicted octanol–water partition coefficient (Wildman–Crippen LogP) is 3.92. The molecule has 0 aliphatic carbocycles. The van der Waals surface area contributed by atoms with Crippen LogP contribution in [0, 0.1) is 12.7 Å². The Bertz CT molecular complexity index is 1350. The monoisotopic (exact) mass is 502 g/mol. The van der Waals surface area contributed by atoms with Crippen LogP contribution in [0.2, 0.25) is 0 Å². The van der Waals surface area contributed by atoms with E-state index in [2.05, 4.69) is 16.5 Å². The number of aryl methyl sites for hydroxylation is 1. The van der Waals surface area contributed by atoms with Crippen molar-refractivity contribution in [3.05, 3.63) is 95.6 Å². The number of hydrogen-bond acceptors (Lipinski definition) is 6. The van der Waals surface area contributed by atoms with Crippen molar-refractivity contribution in [1.29, 1.82) is 0 Å². The van der Waals surface area contributed by atoms with E-state index in [0.29, 0.717) is 17.1 Å². The number of carbonyl (C=O) groups is 3. The van der Waals surface area contributed by atoms with Crippen molar-refractivity contribution in [3.63, 3.8) is 0 Å². The number of benzene rings is 2. The quantitative estimate of drug-likeness (QED) is 0.375. The first-order chi connectivity index (χ1) is 17.8.